The Labute approximate surface area is 152 Å². The van der Waals surface area contributed by atoms with Gasteiger partial charge in [-0.15, -0.1) is 0 Å². The van der Waals surface area contributed by atoms with E-state index in [1.165, 1.54) is 29.4 Å². The molecule has 0 aliphatic carbocycles. The Kier molecular flexibility index (Phi) is 3.50. The van der Waals surface area contributed by atoms with Crippen LogP contribution >= 0.6 is 0 Å². The van der Waals surface area contributed by atoms with Gasteiger partial charge in [-0.05, 0) is 12.1 Å². The first-order chi connectivity index (χ1) is 12.8. The second-order valence-corrected chi connectivity index (χ2v) is 6.90. The van der Waals surface area contributed by atoms with E-state index in [0.29, 0.717) is 0 Å². The number of aromatic nitrogens is 2. The van der Waals surface area contributed by atoms with Crippen molar-refractivity contribution < 1.29 is 4.74 Å². The first-order valence-electron chi connectivity index (χ1n) is 9.07. The average Bonchev–Trinajstić information content (AvgIpc) is 3.46. The van der Waals surface area contributed by atoms with Crippen molar-refractivity contribution in [1.82, 2.24) is 14.5 Å². The molecule has 1 fully saturated rings. The molecule has 26 heavy (non-hydrogen) atoms. The number of pyridine rings is 1. The van der Waals surface area contributed by atoms with E-state index in [-0.39, 0.29) is 0 Å². The van der Waals surface area contributed by atoms with E-state index >= 15 is 0 Å². The molecule has 1 aliphatic heterocycles. The number of hydrogen-bond acceptors (Lipinski definition) is 4. The molecule has 5 nitrogen and oxygen atoms in total. The number of anilines is 1. The minimum atomic E-state index is 0.884. The van der Waals surface area contributed by atoms with E-state index in [0.717, 1.165) is 40.9 Å². The molecule has 5 rings (SSSR count). The first kappa shape index (κ1) is 15.5. The Hall–Kier alpha value is -2.79. The van der Waals surface area contributed by atoms with Gasteiger partial charge in [0.25, 0.3) is 0 Å². The minimum absolute atomic E-state index is 0.884. The summed E-state index contributed by atoms with van der Waals surface area (Å²) in [7, 11) is 3.84. The van der Waals surface area contributed by atoms with Crippen LogP contribution in [-0.4, -0.2) is 47.7 Å². The van der Waals surface area contributed by atoms with Crippen LogP contribution in [-0.2, 0) is 7.05 Å². The summed E-state index contributed by atoms with van der Waals surface area (Å²) in [5.74, 6) is 1.82. The maximum atomic E-state index is 5.72. The molecule has 1 N–H and O–H groups in total. The van der Waals surface area contributed by atoms with Crippen LogP contribution in [0.25, 0.3) is 32.6 Å². The van der Waals surface area contributed by atoms with Crippen LogP contribution in [0.2, 0.25) is 0 Å². The number of fused-ring (bicyclic) bond motifs is 5. The van der Waals surface area contributed by atoms with Crippen LogP contribution in [0.5, 0.6) is 5.75 Å². The van der Waals surface area contributed by atoms with E-state index < -0.39 is 0 Å². The molecule has 0 atom stereocenters. The highest BCUT2D eigenvalue weighted by molar-refractivity contribution is 6.24. The van der Waals surface area contributed by atoms with Gasteiger partial charge in [0.05, 0.1) is 12.6 Å². The zero-order valence-electron chi connectivity index (χ0n) is 15.1. The Morgan fingerprint density at radius 2 is 1.92 bits per heavy atom. The third-order valence-electron chi connectivity index (χ3n) is 5.37. The molecule has 0 spiro atoms. The Bertz CT molecular complexity index is 1130. The van der Waals surface area contributed by atoms with Gasteiger partial charge in [0.1, 0.15) is 11.6 Å². The Morgan fingerprint density at radius 3 is 2.73 bits per heavy atom. The first-order valence-corrected chi connectivity index (χ1v) is 9.07. The summed E-state index contributed by atoms with van der Waals surface area (Å²) in [6, 6.07) is 12.7. The van der Waals surface area contributed by atoms with Crippen molar-refractivity contribution in [3.8, 4) is 5.75 Å². The van der Waals surface area contributed by atoms with E-state index in [1.54, 1.807) is 7.11 Å². The highest BCUT2D eigenvalue weighted by Gasteiger charge is 2.19. The lowest BCUT2D eigenvalue weighted by Crippen LogP contribution is -2.13. The molecule has 5 heteroatoms. The van der Waals surface area contributed by atoms with Crippen molar-refractivity contribution in [1.29, 1.82) is 0 Å². The highest BCUT2D eigenvalue weighted by atomic mass is 16.5. The second kappa shape index (κ2) is 5.88. The van der Waals surface area contributed by atoms with E-state index in [4.69, 9.17) is 4.74 Å². The molecular weight excluding hydrogens is 324 g/mol. The molecule has 0 saturated carbocycles. The summed E-state index contributed by atoms with van der Waals surface area (Å²) in [5, 5.41) is 8.29. The fraction of sp³-hybridized carbons (Fsp3) is 0.286. The molecular formula is C21H22N4O. The second-order valence-electron chi connectivity index (χ2n) is 6.90. The molecule has 0 amide bonds. The lowest BCUT2D eigenvalue weighted by atomic mass is 10.0. The Balaban J connectivity index is 1.81. The highest BCUT2D eigenvalue weighted by Crippen LogP contribution is 2.41. The standard InChI is InChI=1S/C21H22N4O/c1-24-16-6-4-3-5-14(16)19-17(24)13-18(26-2)15-7-8-22-21(20(15)19)23-9-10-25-11-12-25/h3-8,13H,9-12H2,1-2H3,(H,22,23). The van der Waals surface area contributed by atoms with Gasteiger partial charge < -0.3 is 14.6 Å². The number of nitrogens with one attached hydrogen (secondary N) is 1. The van der Waals surface area contributed by atoms with Crippen molar-refractivity contribution in [2.75, 3.05) is 38.6 Å². The van der Waals surface area contributed by atoms with Gasteiger partial charge in [-0.2, -0.15) is 0 Å². The number of ether oxygens (including phenoxy) is 1. The number of aryl methyl sites for hydroxylation is 1. The van der Waals surface area contributed by atoms with Crippen molar-refractivity contribution in [2.24, 2.45) is 7.05 Å². The fourth-order valence-corrected chi connectivity index (χ4v) is 3.90. The quantitative estimate of drug-likeness (QED) is 0.561. The molecule has 2 aromatic heterocycles. The summed E-state index contributed by atoms with van der Waals surface area (Å²) in [4.78, 5) is 7.08. The summed E-state index contributed by atoms with van der Waals surface area (Å²) in [6.07, 6.45) is 1.86. The fourth-order valence-electron chi connectivity index (χ4n) is 3.90. The molecule has 1 saturated heterocycles. The van der Waals surface area contributed by atoms with Gasteiger partial charge in [0.2, 0.25) is 0 Å². The topological polar surface area (TPSA) is 42.1 Å². The maximum absolute atomic E-state index is 5.72. The molecule has 3 heterocycles. The molecule has 132 valence electrons. The van der Waals surface area contributed by atoms with E-state index in [2.05, 4.69) is 57.1 Å². The largest absolute Gasteiger partial charge is 0.496 e. The molecule has 0 radical (unpaired) electrons. The summed E-state index contributed by atoms with van der Waals surface area (Å²) in [5.41, 5.74) is 2.38. The van der Waals surface area contributed by atoms with Crippen LogP contribution in [0.3, 0.4) is 0 Å². The zero-order chi connectivity index (χ0) is 17.7. The predicted octanol–water partition coefficient (Wildman–Crippen LogP) is 3.62. The van der Waals surface area contributed by atoms with E-state index in [9.17, 15) is 0 Å². The maximum Gasteiger partial charge on any atom is 0.134 e. The van der Waals surface area contributed by atoms with Crippen molar-refractivity contribution in [3.05, 3.63) is 42.6 Å². The SMILES string of the molecule is COc1cc2c(c3ccccc3n2C)c2c(NCCN3CC3)nccc12. The molecule has 0 unspecified atom stereocenters. The van der Waals surface area contributed by atoms with Crippen molar-refractivity contribution >= 4 is 38.4 Å². The van der Waals surface area contributed by atoms with Crippen LogP contribution in [0.4, 0.5) is 5.82 Å². The van der Waals surface area contributed by atoms with Crippen LogP contribution in [0.15, 0.2) is 42.6 Å². The van der Waals surface area contributed by atoms with E-state index in [1.807, 2.05) is 12.3 Å². The average molecular weight is 346 g/mol. The van der Waals surface area contributed by atoms with Gasteiger partial charge in [-0.1, -0.05) is 18.2 Å². The monoisotopic (exact) mass is 346 g/mol. The lowest BCUT2D eigenvalue weighted by molar-refractivity contribution is 0.420. The molecule has 2 aromatic carbocycles. The molecule has 0 bridgehead atoms. The van der Waals surface area contributed by atoms with Gasteiger partial charge in [-0.25, -0.2) is 4.98 Å². The van der Waals surface area contributed by atoms with Crippen LogP contribution < -0.4 is 10.1 Å². The van der Waals surface area contributed by atoms with Gasteiger partial charge in [-0.3, -0.25) is 4.90 Å². The number of para-hydroxylation sites is 1. The van der Waals surface area contributed by atoms with Crippen molar-refractivity contribution in [2.45, 2.75) is 0 Å². The third-order valence-corrected chi connectivity index (χ3v) is 5.37. The summed E-state index contributed by atoms with van der Waals surface area (Å²) >= 11 is 0. The van der Waals surface area contributed by atoms with Crippen molar-refractivity contribution in [3.63, 3.8) is 0 Å². The number of hydrogen-bond donors (Lipinski definition) is 1. The molecule has 4 aromatic rings. The summed E-state index contributed by atoms with van der Waals surface area (Å²) in [6.45, 7) is 4.38. The number of nitrogens with zero attached hydrogens (tertiary/aromatic N) is 3. The number of benzene rings is 2. The number of methoxy groups -OCH3 is 1. The van der Waals surface area contributed by atoms with Gasteiger partial charge in [0.15, 0.2) is 0 Å². The zero-order valence-corrected chi connectivity index (χ0v) is 15.1. The smallest absolute Gasteiger partial charge is 0.134 e. The van der Waals surface area contributed by atoms with Gasteiger partial charge in [0, 0.05) is 72.6 Å². The lowest BCUT2D eigenvalue weighted by Gasteiger charge is -2.13. The number of rotatable bonds is 5. The predicted molar refractivity (Wildman–Crippen MR) is 107 cm³/mol. The summed E-state index contributed by atoms with van der Waals surface area (Å²) < 4.78 is 7.95. The third kappa shape index (κ3) is 2.31. The van der Waals surface area contributed by atoms with Crippen LogP contribution in [0.1, 0.15) is 0 Å². The normalized spacial score (nSPS) is 14.4. The van der Waals surface area contributed by atoms with Crippen LogP contribution in [0, 0.1) is 0 Å². The van der Waals surface area contributed by atoms with Gasteiger partial charge >= 0.3 is 0 Å². The molecule has 1 aliphatic rings. The Morgan fingerprint density at radius 1 is 1.08 bits per heavy atom. The minimum Gasteiger partial charge on any atom is -0.496 e.